The van der Waals surface area contributed by atoms with E-state index in [0.717, 1.165) is 5.56 Å². The summed E-state index contributed by atoms with van der Waals surface area (Å²) in [5, 5.41) is 15.3. The summed E-state index contributed by atoms with van der Waals surface area (Å²) in [7, 11) is 0. The second-order valence-corrected chi connectivity index (χ2v) is 3.95. The summed E-state index contributed by atoms with van der Waals surface area (Å²) in [5.41, 5.74) is 1.97. The molecule has 0 bridgehead atoms. The minimum absolute atomic E-state index is 0.465. The highest BCUT2D eigenvalue weighted by Crippen LogP contribution is 2.17. The molecule has 0 aliphatic carbocycles. The maximum atomic E-state index is 10.6. The van der Waals surface area contributed by atoms with Crippen molar-refractivity contribution in [3.8, 4) is 11.4 Å². The normalized spacial score (nSPS) is 10.5. The van der Waals surface area contributed by atoms with E-state index in [1.807, 2.05) is 30.3 Å². The number of hydrogen-bond acceptors (Lipinski definition) is 3. The van der Waals surface area contributed by atoms with Crippen LogP contribution < -0.4 is 5.32 Å². The van der Waals surface area contributed by atoms with Crippen LogP contribution in [0.2, 0.25) is 0 Å². The van der Waals surface area contributed by atoms with Crippen molar-refractivity contribution in [2.45, 2.75) is 0 Å². The van der Waals surface area contributed by atoms with Crippen LogP contribution in [-0.4, -0.2) is 25.8 Å². The number of fused-ring (bicyclic) bond motifs is 1. The number of benzene rings is 1. The molecule has 1 amide bonds. The Morgan fingerprint density at radius 2 is 2.00 bits per heavy atom. The van der Waals surface area contributed by atoms with Gasteiger partial charge in [0.15, 0.2) is 11.5 Å². The molecule has 0 saturated carbocycles. The second kappa shape index (κ2) is 4.41. The Morgan fingerprint density at radius 1 is 1.21 bits per heavy atom. The molecule has 0 radical (unpaired) electrons. The topological polar surface area (TPSA) is 79.5 Å². The third-order valence-corrected chi connectivity index (χ3v) is 2.62. The maximum absolute atomic E-state index is 10.6. The van der Waals surface area contributed by atoms with E-state index >= 15 is 0 Å². The molecule has 1 aromatic carbocycles. The summed E-state index contributed by atoms with van der Waals surface area (Å²) in [6.45, 7) is 0. The summed E-state index contributed by atoms with van der Waals surface area (Å²) < 4.78 is 1.61. The number of nitrogens with one attached hydrogen (secondary N) is 1. The van der Waals surface area contributed by atoms with Crippen LogP contribution in [0.4, 0.5) is 10.5 Å². The zero-order chi connectivity index (χ0) is 13.2. The van der Waals surface area contributed by atoms with Gasteiger partial charge in [0.05, 0.1) is 0 Å². The first-order valence-corrected chi connectivity index (χ1v) is 5.64. The molecule has 19 heavy (non-hydrogen) atoms. The third kappa shape index (κ3) is 2.23. The highest BCUT2D eigenvalue weighted by Gasteiger charge is 2.07. The van der Waals surface area contributed by atoms with Crippen molar-refractivity contribution >= 4 is 17.4 Å². The van der Waals surface area contributed by atoms with Crippen molar-refractivity contribution in [3.63, 3.8) is 0 Å². The molecule has 0 aliphatic heterocycles. The quantitative estimate of drug-likeness (QED) is 0.736. The van der Waals surface area contributed by atoms with Gasteiger partial charge in [0.2, 0.25) is 0 Å². The van der Waals surface area contributed by atoms with Gasteiger partial charge in [0, 0.05) is 23.5 Å². The van der Waals surface area contributed by atoms with Crippen LogP contribution in [0.3, 0.4) is 0 Å². The van der Waals surface area contributed by atoms with Gasteiger partial charge in [-0.25, -0.2) is 14.3 Å². The predicted molar refractivity (Wildman–Crippen MR) is 70.1 cm³/mol. The van der Waals surface area contributed by atoms with Gasteiger partial charge >= 0.3 is 6.09 Å². The number of carboxylic acid groups (broad SMARTS) is 1. The SMILES string of the molecule is O=C(O)Nc1ccn2nc(-c3ccccc3)nc2c1. The molecule has 0 aliphatic rings. The van der Waals surface area contributed by atoms with Crippen molar-refractivity contribution in [3.05, 3.63) is 48.7 Å². The van der Waals surface area contributed by atoms with E-state index < -0.39 is 6.09 Å². The molecular formula is C13H10N4O2. The number of amides is 1. The average molecular weight is 254 g/mol. The lowest BCUT2D eigenvalue weighted by Gasteiger charge is -1.99. The molecule has 0 spiro atoms. The molecule has 0 fully saturated rings. The fourth-order valence-electron chi connectivity index (χ4n) is 1.79. The minimum atomic E-state index is -1.10. The van der Waals surface area contributed by atoms with Crippen molar-refractivity contribution < 1.29 is 9.90 Å². The van der Waals surface area contributed by atoms with Crippen LogP contribution in [0.5, 0.6) is 0 Å². The number of anilines is 1. The van der Waals surface area contributed by atoms with Gasteiger partial charge in [-0.05, 0) is 6.07 Å². The van der Waals surface area contributed by atoms with Gasteiger partial charge in [-0.15, -0.1) is 5.10 Å². The molecule has 2 N–H and O–H groups in total. The summed E-state index contributed by atoms with van der Waals surface area (Å²) >= 11 is 0. The molecule has 3 aromatic rings. The first-order valence-electron chi connectivity index (χ1n) is 5.64. The van der Waals surface area contributed by atoms with Crippen LogP contribution >= 0.6 is 0 Å². The summed E-state index contributed by atoms with van der Waals surface area (Å²) in [4.78, 5) is 14.9. The van der Waals surface area contributed by atoms with Crippen molar-refractivity contribution in [1.29, 1.82) is 0 Å². The molecule has 0 unspecified atom stereocenters. The lowest BCUT2D eigenvalue weighted by molar-refractivity contribution is 0.210. The summed E-state index contributed by atoms with van der Waals surface area (Å²) in [6, 6.07) is 12.9. The largest absolute Gasteiger partial charge is 0.465 e. The molecule has 0 atom stereocenters. The Bertz CT molecular complexity index is 737. The smallest absolute Gasteiger partial charge is 0.409 e. The van der Waals surface area contributed by atoms with Crippen molar-refractivity contribution in [1.82, 2.24) is 14.6 Å². The van der Waals surface area contributed by atoms with Gasteiger partial charge in [-0.2, -0.15) is 0 Å². The van der Waals surface area contributed by atoms with E-state index in [0.29, 0.717) is 17.2 Å². The van der Waals surface area contributed by atoms with Crippen LogP contribution in [-0.2, 0) is 0 Å². The lowest BCUT2D eigenvalue weighted by Crippen LogP contribution is -2.07. The maximum Gasteiger partial charge on any atom is 0.409 e. The van der Waals surface area contributed by atoms with Gasteiger partial charge in [-0.3, -0.25) is 5.32 Å². The Hall–Kier alpha value is -2.89. The predicted octanol–water partition coefficient (Wildman–Crippen LogP) is 2.49. The van der Waals surface area contributed by atoms with Crippen LogP contribution in [0, 0.1) is 0 Å². The Balaban J connectivity index is 2.04. The summed E-state index contributed by atoms with van der Waals surface area (Å²) in [5.74, 6) is 0.605. The monoisotopic (exact) mass is 254 g/mol. The molecule has 3 rings (SSSR count). The number of pyridine rings is 1. The van der Waals surface area contributed by atoms with Crippen molar-refractivity contribution in [2.24, 2.45) is 0 Å². The Labute approximate surface area is 108 Å². The average Bonchev–Trinajstić information content (AvgIpc) is 2.82. The Morgan fingerprint density at radius 3 is 2.74 bits per heavy atom. The first kappa shape index (κ1) is 11.2. The van der Waals surface area contributed by atoms with E-state index in [-0.39, 0.29) is 0 Å². The van der Waals surface area contributed by atoms with Crippen molar-refractivity contribution in [2.75, 3.05) is 5.32 Å². The van der Waals surface area contributed by atoms with Gasteiger partial charge in [0.1, 0.15) is 0 Å². The Kier molecular flexibility index (Phi) is 2.60. The van der Waals surface area contributed by atoms with E-state index in [1.165, 1.54) is 0 Å². The molecule has 0 saturated heterocycles. The first-order chi connectivity index (χ1) is 9.22. The van der Waals surface area contributed by atoms with Gasteiger partial charge in [0.25, 0.3) is 0 Å². The number of carbonyl (C=O) groups is 1. The number of aromatic nitrogens is 3. The lowest BCUT2D eigenvalue weighted by atomic mass is 10.2. The van der Waals surface area contributed by atoms with Crippen LogP contribution in [0.25, 0.3) is 17.0 Å². The summed E-state index contributed by atoms with van der Waals surface area (Å²) in [6.07, 6.45) is 0.562. The minimum Gasteiger partial charge on any atom is -0.465 e. The molecule has 94 valence electrons. The molecule has 6 heteroatoms. The second-order valence-electron chi connectivity index (χ2n) is 3.95. The molecule has 2 heterocycles. The zero-order valence-corrected chi connectivity index (χ0v) is 9.82. The molecule has 2 aromatic heterocycles. The van der Waals surface area contributed by atoms with Crippen LogP contribution in [0.15, 0.2) is 48.7 Å². The third-order valence-electron chi connectivity index (χ3n) is 2.62. The zero-order valence-electron chi connectivity index (χ0n) is 9.82. The van der Waals surface area contributed by atoms with E-state index in [1.54, 1.807) is 22.8 Å². The van der Waals surface area contributed by atoms with E-state index in [2.05, 4.69) is 15.4 Å². The van der Waals surface area contributed by atoms with Crippen LogP contribution in [0.1, 0.15) is 0 Å². The van der Waals surface area contributed by atoms with E-state index in [9.17, 15) is 4.79 Å². The molecule has 6 nitrogen and oxygen atoms in total. The highest BCUT2D eigenvalue weighted by molar-refractivity contribution is 5.83. The van der Waals surface area contributed by atoms with Gasteiger partial charge < -0.3 is 5.11 Å². The van der Waals surface area contributed by atoms with E-state index in [4.69, 9.17) is 5.11 Å². The van der Waals surface area contributed by atoms with Gasteiger partial charge in [-0.1, -0.05) is 30.3 Å². The number of hydrogen-bond donors (Lipinski definition) is 2. The standard InChI is InChI=1S/C13H10N4O2/c18-13(19)14-10-6-7-17-11(8-10)15-12(16-17)9-4-2-1-3-5-9/h1-8,14H,(H,18,19). The highest BCUT2D eigenvalue weighted by atomic mass is 16.4. The fraction of sp³-hybridized carbons (Fsp3) is 0. The number of nitrogens with zero attached hydrogens (tertiary/aromatic N) is 3. The molecular weight excluding hydrogens is 244 g/mol. The fourth-order valence-corrected chi connectivity index (χ4v) is 1.79. The number of rotatable bonds is 2.